The minimum atomic E-state index is -0.305. The molecule has 0 spiro atoms. The number of benzene rings is 2. The summed E-state index contributed by atoms with van der Waals surface area (Å²) in [6.45, 7) is 0.997. The van der Waals surface area contributed by atoms with Gasteiger partial charge in [-0.25, -0.2) is 4.79 Å². The van der Waals surface area contributed by atoms with E-state index in [1.807, 2.05) is 12.1 Å². The second-order valence-electron chi connectivity index (χ2n) is 5.92. The summed E-state index contributed by atoms with van der Waals surface area (Å²) in [6, 6.07) is 14.0. The smallest absolute Gasteiger partial charge is 0.319 e. The first-order valence-corrected chi connectivity index (χ1v) is 8.56. The fourth-order valence-electron chi connectivity index (χ4n) is 2.28. The molecule has 26 heavy (non-hydrogen) atoms. The van der Waals surface area contributed by atoms with E-state index in [9.17, 15) is 9.59 Å². The largest absolute Gasteiger partial charge is 0.399 e. The Hall–Kier alpha value is -3.06. The first-order valence-electron chi connectivity index (χ1n) is 8.56. The van der Waals surface area contributed by atoms with Gasteiger partial charge in [0.1, 0.15) is 0 Å². The topological polar surface area (TPSA) is 122 Å². The molecule has 0 saturated heterocycles. The van der Waals surface area contributed by atoms with Crippen molar-refractivity contribution < 1.29 is 9.59 Å². The molecule has 0 aliphatic carbocycles. The lowest BCUT2D eigenvalue weighted by Crippen LogP contribution is -2.28. The third-order valence-corrected chi connectivity index (χ3v) is 3.72. The summed E-state index contributed by atoms with van der Waals surface area (Å²) in [5, 5.41) is 8.33. The Morgan fingerprint density at radius 2 is 1.46 bits per heavy atom. The molecule has 138 valence electrons. The van der Waals surface area contributed by atoms with Crippen LogP contribution >= 0.6 is 0 Å². The van der Waals surface area contributed by atoms with Gasteiger partial charge in [-0.15, -0.1) is 0 Å². The maximum absolute atomic E-state index is 11.9. The third-order valence-electron chi connectivity index (χ3n) is 3.72. The second-order valence-corrected chi connectivity index (χ2v) is 5.92. The third kappa shape index (κ3) is 6.82. The molecule has 7 N–H and O–H groups in total. The molecule has 7 heteroatoms. The van der Waals surface area contributed by atoms with Crippen LogP contribution in [0, 0.1) is 0 Å². The molecule has 0 aliphatic heterocycles. The molecule has 7 nitrogen and oxygen atoms in total. The SMILES string of the molecule is NCCCCC(=O)Nc1ccc(NC(=O)NCc2ccc(N)cc2)cc1. The van der Waals surface area contributed by atoms with E-state index in [0.717, 1.165) is 18.4 Å². The highest BCUT2D eigenvalue weighted by Gasteiger charge is 2.04. The number of carbonyl (C=O) groups excluding carboxylic acids is 2. The van der Waals surface area contributed by atoms with Gasteiger partial charge >= 0.3 is 6.03 Å². The standard InChI is InChI=1S/C19H25N5O2/c20-12-2-1-3-18(25)23-16-8-10-17(11-9-16)24-19(26)22-13-14-4-6-15(21)7-5-14/h4-11H,1-3,12-13,20-21H2,(H,23,25)(H2,22,24,26). The van der Waals surface area contributed by atoms with E-state index in [-0.39, 0.29) is 11.9 Å². The van der Waals surface area contributed by atoms with Crippen LogP contribution in [0.3, 0.4) is 0 Å². The average Bonchev–Trinajstić information content (AvgIpc) is 2.63. The number of carbonyl (C=O) groups is 2. The van der Waals surface area contributed by atoms with Gasteiger partial charge in [0.2, 0.25) is 5.91 Å². The summed E-state index contributed by atoms with van der Waals surface area (Å²) in [4.78, 5) is 23.7. The number of nitrogens with one attached hydrogen (secondary N) is 3. The van der Waals surface area contributed by atoms with Crippen LogP contribution in [-0.2, 0) is 11.3 Å². The molecule has 0 atom stereocenters. The van der Waals surface area contributed by atoms with E-state index < -0.39 is 0 Å². The van der Waals surface area contributed by atoms with E-state index in [1.54, 1.807) is 36.4 Å². The second kappa shape index (κ2) is 10.0. The Morgan fingerprint density at radius 1 is 0.846 bits per heavy atom. The lowest BCUT2D eigenvalue weighted by Gasteiger charge is -2.09. The van der Waals surface area contributed by atoms with Gasteiger partial charge in [-0.2, -0.15) is 0 Å². The zero-order chi connectivity index (χ0) is 18.8. The molecule has 3 amide bonds. The summed E-state index contributed by atoms with van der Waals surface area (Å²) in [5.41, 5.74) is 14.0. The zero-order valence-corrected chi connectivity index (χ0v) is 14.6. The molecule has 2 aromatic rings. The number of unbranched alkanes of at least 4 members (excludes halogenated alkanes) is 1. The molecule has 0 fully saturated rings. The van der Waals surface area contributed by atoms with Crippen molar-refractivity contribution in [1.29, 1.82) is 0 Å². The highest BCUT2D eigenvalue weighted by Crippen LogP contribution is 2.14. The van der Waals surface area contributed by atoms with E-state index >= 15 is 0 Å². The normalized spacial score (nSPS) is 10.2. The van der Waals surface area contributed by atoms with E-state index in [2.05, 4.69) is 16.0 Å². The maximum atomic E-state index is 11.9. The molecule has 0 heterocycles. The van der Waals surface area contributed by atoms with Crippen LogP contribution in [0.5, 0.6) is 0 Å². The lowest BCUT2D eigenvalue weighted by atomic mass is 10.2. The van der Waals surface area contributed by atoms with Crippen LogP contribution in [0.4, 0.5) is 21.9 Å². The van der Waals surface area contributed by atoms with Crippen LogP contribution < -0.4 is 27.4 Å². The summed E-state index contributed by atoms with van der Waals surface area (Å²) < 4.78 is 0. The van der Waals surface area contributed by atoms with Crippen molar-refractivity contribution in [3.05, 3.63) is 54.1 Å². The number of hydrogen-bond donors (Lipinski definition) is 5. The van der Waals surface area contributed by atoms with Gasteiger partial charge in [0.25, 0.3) is 0 Å². The van der Waals surface area contributed by atoms with Crippen molar-refractivity contribution in [2.75, 3.05) is 22.9 Å². The quantitative estimate of drug-likeness (QED) is 0.369. The van der Waals surface area contributed by atoms with Gasteiger partial charge < -0.3 is 27.4 Å². The van der Waals surface area contributed by atoms with Gasteiger partial charge in [-0.05, 0) is 61.3 Å². The number of nitrogens with two attached hydrogens (primary N) is 2. The Labute approximate surface area is 153 Å². The molecule has 0 bridgehead atoms. The highest BCUT2D eigenvalue weighted by molar-refractivity contribution is 5.92. The van der Waals surface area contributed by atoms with Crippen molar-refractivity contribution in [2.24, 2.45) is 5.73 Å². The van der Waals surface area contributed by atoms with Gasteiger partial charge in [-0.1, -0.05) is 12.1 Å². The molecular weight excluding hydrogens is 330 g/mol. The Morgan fingerprint density at radius 3 is 2.08 bits per heavy atom. The van der Waals surface area contributed by atoms with Crippen molar-refractivity contribution >= 4 is 29.0 Å². The van der Waals surface area contributed by atoms with Crippen LogP contribution in [-0.4, -0.2) is 18.5 Å². The van der Waals surface area contributed by atoms with Gasteiger partial charge in [-0.3, -0.25) is 4.79 Å². The summed E-state index contributed by atoms with van der Waals surface area (Å²) in [5.74, 6) is -0.0413. The minimum absolute atomic E-state index is 0.0413. The van der Waals surface area contributed by atoms with E-state index in [1.165, 1.54) is 0 Å². The van der Waals surface area contributed by atoms with Crippen LogP contribution in [0.15, 0.2) is 48.5 Å². The maximum Gasteiger partial charge on any atom is 0.319 e. The summed E-state index contributed by atoms with van der Waals surface area (Å²) in [6.07, 6.45) is 2.06. The molecule has 2 rings (SSSR count). The van der Waals surface area contributed by atoms with Gasteiger partial charge in [0, 0.05) is 30.0 Å². The number of nitrogen functional groups attached to an aromatic ring is 1. The van der Waals surface area contributed by atoms with Gasteiger partial charge in [0.15, 0.2) is 0 Å². The van der Waals surface area contributed by atoms with E-state index in [4.69, 9.17) is 11.5 Å². The number of hydrogen-bond acceptors (Lipinski definition) is 4. The Bertz CT molecular complexity index is 714. The molecule has 0 aliphatic rings. The molecule has 0 radical (unpaired) electrons. The first kappa shape index (κ1) is 19.3. The molecule has 2 aromatic carbocycles. The number of urea groups is 1. The summed E-state index contributed by atoms with van der Waals surface area (Å²) >= 11 is 0. The number of amides is 3. The van der Waals surface area contributed by atoms with E-state index in [0.29, 0.717) is 36.6 Å². The van der Waals surface area contributed by atoms with Crippen molar-refractivity contribution in [1.82, 2.24) is 5.32 Å². The molecule has 0 saturated carbocycles. The van der Waals surface area contributed by atoms with Crippen molar-refractivity contribution in [3.63, 3.8) is 0 Å². The van der Waals surface area contributed by atoms with Crippen LogP contribution in [0.25, 0.3) is 0 Å². The van der Waals surface area contributed by atoms with Crippen molar-refractivity contribution in [2.45, 2.75) is 25.8 Å². The Balaban J connectivity index is 1.76. The average molecular weight is 355 g/mol. The van der Waals surface area contributed by atoms with Crippen LogP contribution in [0.1, 0.15) is 24.8 Å². The predicted octanol–water partition coefficient (Wildman–Crippen LogP) is 2.66. The first-order chi connectivity index (χ1) is 12.6. The predicted molar refractivity (Wildman–Crippen MR) is 105 cm³/mol. The summed E-state index contributed by atoms with van der Waals surface area (Å²) in [7, 11) is 0. The lowest BCUT2D eigenvalue weighted by molar-refractivity contribution is -0.116. The molecular formula is C19H25N5O2. The van der Waals surface area contributed by atoms with Crippen molar-refractivity contribution in [3.8, 4) is 0 Å². The minimum Gasteiger partial charge on any atom is -0.399 e. The van der Waals surface area contributed by atoms with Crippen LogP contribution in [0.2, 0.25) is 0 Å². The number of anilines is 3. The monoisotopic (exact) mass is 355 g/mol. The number of rotatable bonds is 8. The molecule has 0 aromatic heterocycles. The fourth-order valence-corrected chi connectivity index (χ4v) is 2.28. The molecule has 0 unspecified atom stereocenters. The highest BCUT2D eigenvalue weighted by atomic mass is 16.2. The zero-order valence-electron chi connectivity index (χ0n) is 14.6. The van der Waals surface area contributed by atoms with Gasteiger partial charge in [0.05, 0.1) is 0 Å². The fraction of sp³-hybridized carbons (Fsp3) is 0.263. The Kier molecular flexibility index (Phi) is 7.45.